The molecule has 1 unspecified atom stereocenters. The average Bonchev–Trinajstić information content (AvgIpc) is 2.70. The molecule has 16 heavy (non-hydrogen) atoms. The lowest BCUT2D eigenvalue weighted by Gasteiger charge is -2.19. The summed E-state index contributed by atoms with van der Waals surface area (Å²) in [5, 5.41) is 7.63. The van der Waals surface area contributed by atoms with Gasteiger partial charge in [-0.25, -0.2) is 0 Å². The van der Waals surface area contributed by atoms with Crippen molar-refractivity contribution < 1.29 is 0 Å². The summed E-state index contributed by atoms with van der Waals surface area (Å²) in [4.78, 5) is 0. The lowest BCUT2D eigenvalue weighted by Crippen LogP contribution is -2.44. The molecule has 1 saturated carbocycles. The number of hydrogen-bond acceptors (Lipinski definition) is 2. The lowest BCUT2D eigenvalue weighted by atomic mass is 10.2. The van der Waals surface area contributed by atoms with E-state index in [0.29, 0.717) is 12.1 Å². The second-order valence-corrected chi connectivity index (χ2v) is 6.29. The Balaban J connectivity index is 2.07. The van der Waals surface area contributed by atoms with Gasteiger partial charge in [0, 0.05) is 12.1 Å². The van der Waals surface area contributed by atoms with Crippen molar-refractivity contribution in [3.05, 3.63) is 0 Å². The van der Waals surface area contributed by atoms with E-state index < -0.39 is 0 Å². The number of thioether (sulfide) groups is 1. The molecular formula is C12H24N2S2. The summed E-state index contributed by atoms with van der Waals surface area (Å²) >= 11 is 7.31. The van der Waals surface area contributed by atoms with Crippen molar-refractivity contribution in [1.82, 2.24) is 10.6 Å². The normalized spacial score (nSPS) is 18.4. The van der Waals surface area contributed by atoms with E-state index in [4.69, 9.17) is 12.2 Å². The van der Waals surface area contributed by atoms with Crippen LogP contribution >= 0.6 is 24.0 Å². The van der Waals surface area contributed by atoms with Gasteiger partial charge < -0.3 is 10.6 Å². The van der Waals surface area contributed by atoms with Crippen molar-refractivity contribution >= 4 is 29.1 Å². The molecule has 0 spiro atoms. The topological polar surface area (TPSA) is 24.1 Å². The third-order valence-corrected chi connectivity index (χ3v) is 4.14. The van der Waals surface area contributed by atoms with Crippen LogP contribution in [-0.4, -0.2) is 28.7 Å². The first kappa shape index (κ1) is 14.1. The quantitative estimate of drug-likeness (QED) is 0.566. The molecule has 0 heterocycles. The summed E-state index contributed by atoms with van der Waals surface area (Å²) in [6, 6.07) is 1.11. The van der Waals surface area contributed by atoms with Gasteiger partial charge in [-0.05, 0) is 49.9 Å². The Hall–Kier alpha value is 0.0400. The summed E-state index contributed by atoms with van der Waals surface area (Å²) in [7, 11) is 0. The van der Waals surface area contributed by atoms with Crippen molar-refractivity contribution in [3.8, 4) is 0 Å². The van der Waals surface area contributed by atoms with E-state index in [1.165, 1.54) is 43.6 Å². The minimum Gasteiger partial charge on any atom is -0.360 e. The monoisotopic (exact) mass is 260 g/mol. The Labute approximate surface area is 109 Å². The van der Waals surface area contributed by atoms with Crippen LogP contribution < -0.4 is 10.6 Å². The molecule has 0 aromatic heterocycles. The molecular weight excluding hydrogens is 236 g/mol. The van der Waals surface area contributed by atoms with Crippen molar-refractivity contribution in [1.29, 1.82) is 0 Å². The molecule has 0 saturated heterocycles. The highest BCUT2D eigenvalue weighted by Gasteiger charge is 2.15. The van der Waals surface area contributed by atoms with E-state index in [1.54, 1.807) is 0 Å². The van der Waals surface area contributed by atoms with E-state index >= 15 is 0 Å². The van der Waals surface area contributed by atoms with Gasteiger partial charge in [0.1, 0.15) is 0 Å². The average molecular weight is 260 g/mol. The third kappa shape index (κ3) is 5.94. The fraction of sp³-hybridized carbons (Fsp3) is 0.917. The molecule has 1 aliphatic carbocycles. The van der Waals surface area contributed by atoms with Gasteiger partial charge in [-0.2, -0.15) is 11.8 Å². The smallest absolute Gasteiger partial charge is 0.166 e. The second-order valence-electron chi connectivity index (χ2n) is 4.49. The fourth-order valence-corrected chi connectivity index (χ4v) is 3.17. The van der Waals surface area contributed by atoms with Gasteiger partial charge >= 0.3 is 0 Å². The first-order chi connectivity index (χ1) is 7.72. The van der Waals surface area contributed by atoms with Gasteiger partial charge in [0.2, 0.25) is 0 Å². The van der Waals surface area contributed by atoms with Crippen LogP contribution in [-0.2, 0) is 0 Å². The van der Waals surface area contributed by atoms with Crippen LogP contribution in [0.3, 0.4) is 0 Å². The van der Waals surface area contributed by atoms with Crippen LogP contribution in [0.25, 0.3) is 0 Å². The Kier molecular flexibility index (Phi) is 7.21. The fourth-order valence-electron chi connectivity index (χ4n) is 2.00. The van der Waals surface area contributed by atoms with E-state index in [-0.39, 0.29) is 0 Å². The van der Waals surface area contributed by atoms with Crippen LogP contribution in [0.5, 0.6) is 0 Å². The van der Waals surface area contributed by atoms with Crippen LogP contribution in [0.15, 0.2) is 0 Å². The zero-order valence-corrected chi connectivity index (χ0v) is 12.1. The van der Waals surface area contributed by atoms with Gasteiger partial charge in [-0.1, -0.05) is 19.8 Å². The van der Waals surface area contributed by atoms with Crippen LogP contribution in [0.1, 0.15) is 46.0 Å². The first-order valence-electron chi connectivity index (χ1n) is 6.37. The molecule has 1 aliphatic rings. The Morgan fingerprint density at radius 3 is 2.75 bits per heavy atom. The van der Waals surface area contributed by atoms with Gasteiger partial charge in [-0.15, -0.1) is 0 Å². The van der Waals surface area contributed by atoms with E-state index in [2.05, 4.69) is 24.5 Å². The van der Waals surface area contributed by atoms with Crippen LogP contribution in [0.4, 0.5) is 0 Å². The minimum atomic E-state index is 0.487. The Morgan fingerprint density at radius 2 is 2.12 bits per heavy atom. The molecule has 4 heteroatoms. The molecule has 0 bridgehead atoms. The molecule has 0 aromatic rings. The molecule has 2 nitrogen and oxygen atoms in total. The van der Waals surface area contributed by atoms with Crippen molar-refractivity contribution in [2.24, 2.45) is 0 Å². The maximum atomic E-state index is 5.32. The molecule has 0 aromatic carbocycles. The second kappa shape index (κ2) is 8.18. The maximum Gasteiger partial charge on any atom is 0.166 e. The summed E-state index contributed by atoms with van der Waals surface area (Å²) in [6.45, 7) is 4.41. The molecule has 1 atom stereocenters. The predicted octanol–water partition coefficient (Wildman–Crippen LogP) is 2.92. The molecule has 1 rings (SSSR count). The SMILES string of the molecule is CCSCCC(C)NC(=S)NC1CCCC1. The third-order valence-electron chi connectivity index (χ3n) is 2.97. The van der Waals surface area contributed by atoms with Gasteiger partial charge in [0.15, 0.2) is 5.11 Å². The van der Waals surface area contributed by atoms with Gasteiger partial charge in [0.25, 0.3) is 0 Å². The predicted molar refractivity (Wildman–Crippen MR) is 78.2 cm³/mol. The summed E-state index contributed by atoms with van der Waals surface area (Å²) < 4.78 is 0. The molecule has 0 radical (unpaired) electrons. The molecule has 1 fully saturated rings. The number of nitrogens with one attached hydrogen (secondary N) is 2. The zero-order valence-electron chi connectivity index (χ0n) is 10.4. The highest BCUT2D eigenvalue weighted by Crippen LogP contribution is 2.17. The van der Waals surface area contributed by atoms with Gasteiger partial charge in [0.05, 0.1) is 0 Å². The van der Waals surface area contributed by atoms with Crippen LogP contribution in [0, 0.1) is 0 Å². The number of rotatable bonds is 6. The Bertz CT molecular complexity index is 203. The Morgan fingerprint density at radius 1 is 1.44 bits per heavy atom. The highest BCUT2D eigenvalue weighted by atomic mass is 32.2. The molecule has 94 valence electrons. The standard InChI is InChI=1S/C12H24N2S2/c1-3-16-9-8-10(2)13-12(15)14-11-6-4-5-7-11/h10-11H,3-9H2,1-2H3,(H2,13,14,15). The minimum absolute atomic E-state index is 0.487. The summed E-state index contributed by atoms with van der Waals surface area (Å²) in [5.74, 6) is 2.42. The lowest BCUT2D eigenvalue weighted by molar-refractivity contribution is 0.590. The zero-order chi connectivity index (χ0) is 11.8. The molecule has 0 amide bonds. The van der Waals surface area contributed by atoms with Crippen molar-refractivity contribution in [2.45, 2.75) is 58.0 Å². The largest absolute Gasteiger partial charge is 0.360 e. The number of hydrogen-bond donors (Lipinski definition) is 2. The molecule has 2 N–H and O–H groups in total. The number of thiocarbonyl (C=S) groups is 1. The van der Waals surface area contributed by atoms with E-state index in [1.807, 2.05) is 11.8 Å². The van der Waals surface area contributed by atoms with E-state index in [0.717, 1.165) is 5.11 Å². The maximum absolute atomic E-state index is 5.32. The van der Waals surface area contributed by atoms with Gasteiger partial charge in [-0.3, -0.25) is 0 Å². The summed E-state index contributed by atoms with van der Waals surface area (Å²) in [6.07, 6.45) is 6.45. The first-order valence-corrected chi connectivity index (χ1v) is 7.93. The van der Waals surface area contributed by atoms with Crippen LogP contribution in [0.2, 0.25) is 0 Å². The molecule has 0 aliphatic heterocycles. The highest BCUT2D eigenvalue weighted by molar-refractivity contribution is 7.99. The summed E-state index contributed by atoms with van der Waals surface area (Å²) in [5.41, 5.74) is 0. The van der Waals surface area contributed by atoms with Crippen molar-refractivity contribution in [2.75, 3.05) is 11.5 Å². The van der Waals surface area contributed by atoms with E-state index in [9.17, 15) is 0 Å². The van der Waals surface area contributed by atoms with Crippen molar-refractivity contribution in [3.63, 3.8) is 0 Å².